The summed E-state index contributed by atoms with van der Waals surface area (Å²) in [6, 6.07) is 1.53. The Morgan fingerprint density at radius 3 is 3.00 bits per heavy atom. The smallest absolute Gasteiger partial charge is 0.408 e. The van der Waals surface area contributed by atoms with Gasteiger partial charge in [-0.1, -0.05) is 6.08 Å². The molecule has 6 heteroatoms. The molecule has 5 nitrogen and oxygen atoms in total. The number of halogens is 1. The van der Waals surface area contributed by atoms with Gasteiger partial charge in [0.25, 0.3) is 0 Å². The molecule has 0 aliphatic carbocycles. The molecule has 0 radical (unpaired) electrons. The fourth-order valence-electron chi connectivity index (χ4n) is 2.28. The van der Waals surface area contributed by atoms with Crippen molar-refractivity contribution in [1.82, 2.24) is 4.98 Å². The number of hydrogen-bond donors (Lipinski definition) is 2. The van der Waals surface area contributed by atoms with Crippen LogP contribution in [0.15, 0.2) is 21.4 Å². The number of aromatic amines is 1. The Balaban J connectivity index is 2.27. The van der Waals surface area contributed by atoms with Crippen molar-refractivity contribution in [3.63, 3.8) is 0 Å². The van der Waals surface area contributed by atoms with E-state index in [0.29, 0.717) is 29.9 Å². The molecule has 0 saturated carbocycles. The molecule has 0 spiro atoms. The van der Waals surface area contributed by atoms with Crippen LogP contribution in [-0.4, -0.2) is 25.2 Å². The van der Waals surface area contributed by atoms with Gasteiger partial charge in [-0.05, 0) is 18.1 Å². The fourth-order valence-corrected chi connectivity index (χ4v) is 2.28. The third-order valence-corrected chi connectivity index (χ3v) is 3.16. The average Bonchev–Trinajstić information content (AvgIpc) is 2.79. The van der Waals surface area contributed by atoms with Crippen molar-refractivity contribution in [3.05, 3.63) is 34.1 Å². The lowest BCUT2D eigenvalue weighted by Gasteiger charge is -2.16. The van der Waals surface area contributed by atoms with Crippen molar-refractivity contribution in [2.75, 3.05) is 25.6 Å². The molecular weight excluding hydrogens is 251 g/mol. The number of benzene rings is 1. The van der Waals surface area contributed by atoms with E-state index in [1.165, 1.54) is 6.07 Å². The van der Waals surface area contributed by atoms with Crippen LogP contribution in [0.2, 0.25) is 0 Å². The Hall–Kier alpha value is -2.08. The van der Waals surface area contributed by atoms with E-state index in [1.807, 2.05) is 6.08 Å². The number of oxazole rings is 1. The molecule has 1 aliphatic rings. The van der Waals surface area contributed by atoms with E-state index >= 15 is 0 Å². The summed E-state index contributed by atoms with van der Waals surface area (Å²) in [5.41, 5.74) is 2.07. The van der Waals surface area contributed by atoms with E-state index in [1.54, 1.807) is 7.05 Å². The molecule has 0 atom stereocenters. The first-order valence-corrected chi connectivity index (χ1v) is 6.01. The summed E-state index contributed by atoms with van der Waals surface area (Å²) in [5.74, 6) is -1.01. The van der Waals surface area contributed by atoms with Gasteiger partial charge in [0.1, 0.15) is 5.52 Å². The Morgan fingerprint density at radius 1 is 1.47 bits per heavy atom. The van der Waals surface area contributed by atoms with Gasteiger partial charge in [-0.2, -0.15) is 0 Å². The lowest BCUT2D eigenvalue weighted by atomic mass is 10.0. The van der Waals surface area contributed by atoms with Crippen molar-refractivity contribution in [2.24, 2.45) is 0 Å². The van der Waals surface area contributed by atoms with Crippen molar-refractivity contribution in [2.45, 2.75) is 6.42 Å². The molecule has 1 aliphatic heterocycles. The molecule has 0 fully saturated rings. The SMILES string of the molecule is CNc1c(F)c(C2=CCCOC2)cc2oc(=O)[nH]c12. The van der Waals surface area contributed by atoms with Crippen LogP contribution in [0.3, 0.4) is 0 Å². The van der Waals surface area contributed by atoms with E-state index in [9.17, 15) is 9.18 Å². The van der Waals surface area contributed by atoms with Crippen LogP contribution in [0.1, 0.15) is 12.0 Å². The molecule has 3 rings (SSSR count). The number of aromatic nitrogens is 1. The number of H-pyrrole nitrogens is 1. The predicted octanol–water partition coefficient (Wildman–Crippen LogP) is 2.11. The molecule has 19 heavy (non-hydrogen) atoms. The number of hydrogen-bond acceptors (Lipinski definition) is 4. The van der Waals surface area contributed by atoms with Crippen LogP contribution in [0.25, 0.3) is 16.7 Å². The second kappa shape index (κ2) is 4.55. The van der Waals surface area contributed by atoms with E-state index in [-0.39, 0.29) is 5.69 Å². The monoisotopic (exact) mass is 264 g/mol. The Labute approximate surface area is 108 Å². The van der Waals surface area contributed by atoms with Gasteiger partial charge in [-0.3, -0.25) is 4.98 Å². The van der Waals surface area contributed by atoms with Gasteiger partial charge in [0.2, 0.25) is 0 Å². The maximum Gasteiger partial charge on any atom is 0.417 e. The average molecular weight is 264 g/mol. The number of anilines is 1. The fraction of sp³-hybridized carbons (Fsp3) is 0.308. The maximum absolute atomic E-state index is 14.5. The first kappa shape index (κ1) is 12.0. The normalized spacial score (nSPS) is 15.6. The Bertz CT molecular complexity index is 714. The van der Waals surface area contributed by atoms with Crippen molar-refractivity contribution >= 4 is 22.4 Å². The van der Waals surface area contributed by atoms with Crippen LogP contribution in [0.5, 0.6) is 0 Å². The van der Waals surface area contributed by atoms with E-state index in [2.05, 4.69) is 10.3 Å². The van der Waals surface area contributed by atoms with E-state index < -0.39 is 11.6 Å². The molecule has 0 unspecified atom stereocenters. The maximum atomic E-state index is 14.5. The quantitative estimate of drug-likeness (QED) is 0.871. The lowest BCUT2D eigenvalue weighted by molar-refractivity contribution is 0.164. The summed E-state index contributed by atoms with van der Waals surface area (Å²) in [6.45, 7) is 1.01. The standard InChI is InChI=1S/C13H13FN2O3/c1-15-12-10(14)8(7-3-2-4-18-6-7)5-9-11(12)16-13(17)19-9/h3,5,15H,2,4,6H2,1H3,(H,16,17). The van der Waals surface area contributed by atoms with Gasteiger partial charge >= 0.3 is 5.76 Å². The zero-order chi connectivity index (χ0) is 13.4. The molecule has 0 bridgehead atoms. The molecule has 1 aromatic carbocycles. The van der Waals surface area contributed by atoms with Gasteiger partial charge < -0.3 is 14.5 Å². The summed E-state index contributed by atoms with van der Waals surface area (Å²) >= 11 is 0. The molecule has 2 N–H and O–H groups in total. The minimum absolute atomic E-state index is 0.227. The summed E-state index contributed by atoms with van der Waals surface area (Å²) in [5, 5.41) is 2.76. The topological polar surface area (TPSA) is 67.3 Å². The van der Waals surface area contributed by atoms with Crippen molar-refractivity contribution in [3.8, 4) is 0 Å². The molecule has 1 aromatic heterocycles. The second-order valence-electron chi connectivity index (χ2n) is 4.32. The number of ether oxygens (including phenoxy) is 1. The van der Waals surface area contributed by atoms with Gasteiger partial charge in [-0.25, -0.2) is 9.18 Å². The zero-order valence-corrected chi connectivity index (χ0v) is 10.4. The second-order valence-corrected chi connectivity index (χ2v) is 4.32. The summed E-state index contributed by atoms with van der Waals surface area (Å²) in [7, 11) is 1.60. The molecule has 0 amide bonds. The van der Waals surface area contributed by atoms with Crippen LogP contribution >= 0.6 is 0 Å². The van der Waals surface area contributed by atoms with Gasteiger partial charge in [0, 0.05) is 12.6 Å². The molecule has 2 heterocycles. The summed E-state index contributed by atoms with van der Waals surface area (Å²) < 4.78 is 24.8. The van der Waals surface area contributed by atoms with Crippen LogP contribution < -0.4 is 11.1 Å². The number of fused-ring (bicyclic) bond motifs is 1. The molecule has 100 valence electrons. The van der Waals surface area contributed by atoms with Gasteiger partial charge in [0.15, 0.2) is 11.4 Å². The highest BCUT2D eigenvalue weighted by atomic mass is 19.1. The van der Waals surface area contributed by atoms with Crippen molar-refractivity contribution < 1.29 is 13.5 Å². The van der Waals surface area contributed by atoms with E-state index in [4.69, 9.17) is 9.15 Å². The molecular formula is C13H13FN2O3. The number of nitrogens with one attached hydrogen (secondary N) is 2. The highest BCUT2D eigenvalue weighted by molar-refractivity contribution is 5.91. The minimum Gasteiger partial charge on any atom is -0.408 e. The summed E-state index contributed by atoms with van der Waals surface area (Å²) in [4.78, 5) is 13.7. The van der Waals surface area contributed by atoms with Crippen LogP contribution in [-0.2, 0) is 4.74 Å². The van der Waals surface area contributed by atoms with Crippen LogP contribution in [0, 0.1) is 5.82 Å². The van der Waals surface area contributed by atoms with Crippen LogP contribution in [0.4, 0.5) is 10.1 Å². The number of rotatable bonds is 2. The highest BCUT2D eigenvalue weighted by Gasteiger charge is 2.19. The van der Waals surface area contributed by atoms with E-state index in [0.717, 1.165) is 12.0 Å². The third kappa shape index (κ3) is 1.94. The Kier molecular flexibility index (Phi) is 2.87. The third-order valence-electron chi connectivity index (χ3n) is 3.16. The first-order chi connectivity index (χ1) is 9.20. The summed E-state index contributed by atoms with van der Waals surface area (Å²) in [6.07, 6.45) is 2.69. The Morgan fingerprint density at radius 2 is 2.32 bits per heavy atom. The highest BCUT2D eigenvalue weighted by Crippen LogP contribution is 2.32. The zero-order valence-electron chi connectivity index (χ0n) is 10.4. The molecule has 0 saturated heterocycles. The van der Waals surface area contributed by atoms with Crippen molar-refractivity contribution in [1.29, 1.82) is 0 Å². The largest absolute Gasteiger partial charge is 0.417 e. The van der Waals surface area contributed by atoms with Gasteiger partial charge in [-0.15, -0.1) is 0 Å². The molecule has 2 aromatic rings. The minimum atomic E-state index is -0.600. The lowest BCUT2D eigenvalue weighted by Crippen LogP contribution is -2.07. The predicted molar refractivity (Wildman–Crippen MR) is 69.8 cm³/mol. The van der Waals surface area contributed by atoms with Gasteiger partial charge in [0.05, 0.1) is 18.9 Å². The first-order valence-electron chi connectivity index (χ1n) is 6.01.